The molecule has 2 aromatic rings. The number of aliphatic hydroxyl groups is 1. The molecule has 0 saturated heterocycles. The third-order valence-corrected chi connectivity index (χ3v) is 3.32. The van der Waals surface area contributed by atoms with E-state index in [0.717, 1.165) is 0 Å². The Hall–Kier alpha value is -1.99. The van der Waals surface area contributed by atoms with E-state index in [9.17, 15) is 15.2 Å². The van der Waals surface area contributed by atoms with Gasteiger partial charge in [-0.15, -0.1) is 0 Å². The highest BCUT2D eigenvalue weighted by Gasteiger charge is 2.20. The van der Waals surface area contributed by atoms with Gasteiger partial charge in [-0.3, -0.25) is 10.1 Å². The molecular formula is C14H13BrN2O4. The molecule has 0 radical (unpaired) electrons. The summed E-state index contributed by atoms with van der Waals surface area (Å²) in [6, 6.07) is 6.33. The Kier molecular flexibility index (Phi) is 4.54. The minimum absolute atomic E-state index is 0.136. The SMILES string of the molecule is Cc1cc(Br)cc([N+](=O)[O-])c1Oc1ccc([C@H](C)O)cn1. The smallest absolute Gasteiger partial charge is 0.313 e. The summed E-state index contributed by atoms with van der Waals surface area (Å²) >= 11 is 3.22. The molecule has 110 valence electrons. The first-order valence-electron chi connectivity index (χ1n) is 6.15. The second kappa shape index (κ2) is 6.19. The summed E-state index contributed by atoms with van der Waals surface area (Å²) in [5, 5.41) is 20.5. The number of halogens is 1. The van der Waals surface area contributed by atoms with Crippen molar-refractivity contribution in [3.8, 4) is 11.6 Å². The number of nitro groups is 1. The lowest BCUT2D eigenvalue weighted by molar-refractivity contribution is -0.385. The minimum atomic E-state index is -0.629. The average molecular weight is 353 g/mol. The number of nitrogens with zero attached hydrogens (tertiary/aromatic N) is 2. The fourth-order valence-electron chi connectivity index (χ4n) is 1.78. The number of aryl methyl sites for hydroxylation is 1. The van der Waals surface area contributed by atoms with Gasteiger partial charge in [0.2, 0.25) is 11.6 Å². The molecule has 0 aliphatic heterocycles. The maximum absolute atomic E-state index is 11.1. The van der Waals surface area contributed by atoms with E-state index in [0.29, 0.717) is 15.6 Å². The molecule has 1 heterocycles. The zero-order valence-corrected chi connectivity index (χ0v) is 13.0. The molecule has 0 bridgehead atoms. The van der Waals surface area contributed by atoms with Crippen LogP contribution in [0.1, 0.15) is 24.2 Å². The first kappa shape index (κ1) is 15.4. The lowest BCUT2D eigenvalue weighted by Gasteiger charge is -2.10. The molecular weight excluding hydrogens is 340 g/mol. The summed E-state index contributed by atoms with van der Waals surface area (Å²) in [6.45, 7) is 3.35. The number of aromatic nitrogens is 1. The third-order valence-electron chi connectivity index (χ3n) is 2.86. The summed E-state index contributed by atoms with van der Waals surface area (Å²) < 4.78 is 6.14. The first-order valence-corrected chi connectivity index (χ1v) is 6.94. The molecule has 7 heteroatoms. The Morgan fingerprint density at radius 1 is 1.43 bits per heavy atom. The number of pyridine rings is 1. The van der Waals surface area contributed by atoms with E-state index in [2.05, 4.69) is 20.9 Å². The van der Waals surface area contributed by atoms with Gasteiger partial charge in [-0.25, -0.2) is 4.98 Å². The van der Waals surface area contributed by atoms with E-state index in [1.165, 1.54) is 12.3 Å². The molecule has 0 saturated carbocycles. The first-order chi connectivity index (χ1) is 9.88. The van der Waals surface area contributed by atoms with Crippen molar-refractivity contribution in [2.24, 2.45) is 0 Å². The standard InChI is InChI=1S/C14H13BrN2O4/c1-8-5-11(15)6-12(17(19)20)14(8)21-13-4-3-10(7-16-13)9(2)18/h3-7,9,18H,1-2H3/t9-/m0/s1. The highest BCUT2D eigenvalue weighted by Crippen LogP contribution is 2.36. The number of ether oxygens (including phenoxy) is 1. The van der Waals surface area contributed by atoms with Crippen molar-refractivity contribution in [3.05, 3.63) is 56.2 Å². The van der Waals surface area contributed by atoms with Gasteiger partial charge in [0.1, 0.15) is 0 Å². The molecule has 0 aliphatic carbocycles. The van der Waals surface area contributed by atoms with Crippen LogP contribution >= 0.6 is 15.9 Å². The largest absolute Gasteiger partial charge is 0.432 e. The van der Waals surface area contributed by atoms with Crippen LogP contribution in [0.15, 0.2) is 34.9 Å². The van der Waals surface area contributed by atoms with Gasteiger partial charge in [0, 0.05) is 28.4 Å². The summed E-state index contributed by atoms with van der Waals surface area (Å²) in [5.41, 5.74) is 1.13. The van der Waals surface area contributed by atoms with Crippen molar-refractivity contribution in [1.29, 1.82) is 0 Å². The zero-order valence-electron chi connectivity index (χ0n) is 11.4. The Bertz CT molecular complexity index is 671. The highest BCUT2D eigenvalue weighted by atomic mass is 79.9. The van der Waals surface area contributed by atoms with E-state index < -0.39 is 11.0 Å². The second-order valence-corrected chi connectivity index (χ2v) is 5.45. The topological polar surface area (TPSA) is 85.5 Å². The quantitative estimate of drug-likeness (QED) is 0.665. The molecule has 1 N–H and O–H groups in total. The van der Waals surface area contributed by atoms with Crippen LogP contribution in [0.2, 0.25) is 0 Å². The van der Waals surface area contributed by atoms with Crippen LogP contribution in [0.4, 0.5) is 5.69 Å². The van der Waals surface area contributed by atoms with Crippen LogP contribution in [0.3, 0.4) is 0 Å². The van der Waals surface area contributed by atoms with Gasteiger partial charge in [-0.05, 0) is 31.5 Å². The van der Waals surface area contributed by atoms with Crippen LogP contribution in [-0.4, -0.2) is 15.0 Å². The number of nitro benzene ring substituents is 1. The molecule has 6 nitrogen and oxygen atoms in total. The summed E-state index contributed by atoms with van der Waals surface area (Å²) in [7, 11) is 0. The number of benzene rings is 1. The highest BCUT2D eigenvalue weighted by molar-refractivity contribution is 9.10. The molecule has 21 heavy (non-hydrogen) atoms. The van der Waals surface area contributed by atoms with Crippen molar-refractivity contribution < 1.29 is 14.8 Å². The van der Waals surface area contributed by atoms with Gasteiger partial charge in [0.25, 0.3) is 0 Å². The number of hydrogen-bond acceptors (Lipinski definition) is 5. The molecule has 1 atom stereocenters. The fraction of sp³-hybridized carbons (Fsp3) is 0.214. The van der Waals surface area contributed by atoms with Gasteiger partial charge in [0.05, 0.1) is 11.0 Å². The summed E-state index contributed by atoms with van der Waals surface area (Å²) in [4.78, 5) is 14.7. The monoisotopic (exact) mass is 352 g/mol. The van der Waals surface area contributed by atoms with Crippen molar-refractivity contribution in [2.75, 3.05) is 0 Å². The van der Waals surface area contributed by atoms with E-state index in [1.54, 1.807) is 32.0 Å². The Labute approximate surface area is 129 Å². The van der Waals surface area contributed by atoms with Gasteiger partial charge in [0.15, 0.2) is 0 Å². The van der Waals surface area contributed by atoms with Crippen LogP contribution in [0, 0.1) is 17.0 Å². The third kappa shape index (κ3) is 3.56. The maximum Gasteiger partial charge on any atom is 0.313 e. The molecule has 0 aliphatic rings. The van der Waals surface area contributed by atoms with Crippen LogP contribution < -0.4 is 4.74 Å². The van der Waals surface area contributed by atoms with Gasteiger partial charge in [-0.1, -0.05) is 15.9 Å². The average Bonchev–Trinajstić information content (AvgIpc) is 2.41. The lowest BCUT2D eigenvalue weighted by Crippen LogP contribution is -1.98. The van der Waals surface area contributed by atoms with Gasteiger partial charge < -0.3 is 9.84 Å². The Morgan fingerprint density at radius 2 is 2.14 bits per heavy atom. The lowest BCUT2D eigenvalue weighted by atomic mass is 10.2. The molecule has 2 rings (SSSR count). The summed E-state index contributed by atoms with van der Waals surface area (Å²) in [5.74, 6) is 0.383. The molecule has 1 aromatic heterocycles. The van der Waals surface area contributed by atoms with Crippen molar-refractivity contribution in [3.63, 3.8) is 0 Å². The van der Waals surface area contributed by atoms with Crippen LogP contribution in [-0.2, 0) is 0 Å². The number of aliphatic hydroxyl groups excluding tert-OH is 1. The Balaban J connectivity index is 2.37. The van der Waals surface area contributed by atoms with Crippen LogP contribution in [0.5, 0.6) is 11.6 Å². The molecule has 0 fully saturated rings. The molecule has 0 unspecified atom stereocenters. The van der Waals surface area contributed by atoms with Crippen molar-refractivity contribution in [2.45, 2.75) is 20.0 Å². The van der Waals surface area contributed by atoms with Crippen molar-refractivity contribution in [1.82, 2.24) is 4.98 Å². The molecule has 0 amide bonds. The number of rotatable bonds is 4. The van der Waals surface area contributed by atoms with Gasteiger partial charge >= 0.3 is 5.69 Å². The van der Waals surface area contributed by atoms with E-state index >= 15 is 0 Å². The predicted molar refractivity (Wildman–Crippen MR) is 80.5 cm³/mol. The van der Waals surface area contributed by atoms with E-state index in [1.807, 2.05) is 0 Å². The molecule has 1 aromatic carbocycles. The van der Waals surface area contributed by atoms with E-state index in [4.69, 9.17) is 4.74 Å². The van der Waals surface area contributed by atoms with Crippen molar-refractivity contribution >= 4 is 21.6 Å². The summed E-state index contributed by atoms with van der Waals surface area (Å²) in [6.07, 6.45) is 0.843. The molecule has 0 spiro atoms. The number of hydrogen-bond donors (Lipinski definition) is 1. The van der Waals surface area contributed by atoms with E-state index in [-0.39, 0.29) is 17.3 Å². The second-order valence-electron chi connectivity index (χ2n) is 4.54. The zero-order chi connectivity index (χ0) is 15.6. The predicted octanol–water partition coefficient (Wildman–Crippen LogP) is 3.91. The maximum atomic E-state index is 11.1. The minimum Gasteiger partial charge on any atom is -0.432 e. The normalized spacial score (nSPS) is 12.0. The van der Waals surface area contributed by atoms with Crippen LogP contribution in [0.25, 0.3) is 0 Å². The Morgan fingerprint density at radius 3 is 2.67 bits per heavy atom. The van der Waals surface area contributed by atoms with Gasteiger partial charge in [-0.2, -0.15) is 0 Å². The fourth-order valence-corrected chi connectivity index (χ4v) is 2.34.